The number of halogens is 1. The third kappa shape index (κ3) is 1.27. The van der Waals surface area contributed by atoms with Gasteiger partial charge in [-0.15, -0.1) is 0 Å². The maximum absolute atomic E-state index is 8.94. The molecule has 76 valence electrons. The molecule has 1 aromatic carbocycles. The van der Waals surface area contributed by atoms with Crippen molar-refractivity contribution in [2.45, 2.75) is 18.3 Å². The SMILES string of the molecule is N#Cc1cc2c(cc1Cl)C1CNCC2C1. The van der Waals surface area contributed by atoms with Gasteiger partial charge in [-0.25, -0.2) is 0 Å². The predicted molar refractivity (Wildman–Crippen MR) is 59.1 cm³/mol. The minimum Gasteiger partial charge on any atom is -0.316 e. The van der Waals surface area contributed by atoms with Crippen LogP contribution < -0.4 is 5.32 Å². The van der Waals surface area contributed by atoms with Crippen LogP contribution in [0.1, 0.15) is 34.9 Å². The van der Waals surface area contributed by atoms with E-state index in [0.717, 1.165) is 13.1 Å². The van der Waals surface area contributed by atoms with Gasteiger partial charge in [-0.1, -0.05) is 11.6 Å². The Hall–Kier alpha value is -1.04. The van der Waals surface area contributed by atoms with Gasteiger partial charge < -0.3 is 5.32 Å². The second-order valence-electron chi connectivity index (χ2n) is 4.36. The molecular formula is C12H11ClN2. The van der Waals surface area contributed by atoms with E-state index >= 15 is 0 Å². The molecule has 2 nitrogen and oxygen atoms in total. The molecule has 1 saturated heterocycles. The molecule has 0 amide bonds. The van der Waals surface area contributed by atoms with Crippen molar-refractivity contribution in [3.05, 3.63) is 33.8 Å². The van der Waals surface area contributed by atoms with Gasteiger partial charge in [-0.05, 0) is 41.5 Å². The van der Waals surface area contributed by atoms with Crippen LogP contribution in [0, 0.1) is 11.3 Å². The van der Waals surface area contributed by atoms with Gasteiger partial charge in [0.25, 0.3) is 0 Å². The molecule has 15 heavy (non-hydrogen) atoms. The zero-order valence-electron chi connectivity index (χ0n) is 8.26. The molecule has 1 aromatic rings. The fourth-order valence-electron chi connectivity index (χ4n) is 2.81. The molecule has 3 heteroatoms. The lowest BCUT2D eigenvalue weighted by Gasteiger charge is -2.19. The molecule has 0 radical (unpaired) electrons. The summed E-state index contributed by atoms with van der Waals surface area (Å²) in [7, 11) is 0. The molecule has 1 fully saturated rings. The first-order valence-corrected chi connectivity index (χ1v) is 5.61. The maximum atomic E-state index is 8.94. The largest absolute Gasteiger partial charge is 0.316 e. The van der Waals surface area contributed by atoms with Crippen LogP contribution in [-0.2, 0) is 0 Å². The molecule has 2 aliphatic rings. The van der Waals surface area contributed by atoms with E-state index in [2.05, 4.69) is 11.4 Å². The van der Waals surface area contributed by atoms with E-state index in [-0.39, 0.29) is 0 Å². The number of nitrogens with zero attached hydrogens (tertiary/aromatic N) is 1. The van der Waals surface area contributed by atoms with E-state index in [9.17, 15) is 0 Å². The molecule has 2 atom stereocenters. The number of benzene rings is 1. The summed E-state index contributed by atoms with van der Waals surface area (Å²) in [5.41, 5.74) is 3.31. The summed E-state index contributed by atoms with van der Waals surface area (Å²) in [6, 6.07) is 6.13. The van der Waals surface area contributed by atoms with Crippen molar-refractivity contribution in [2.75, 3.05) is 13.1 Å². The van der Waals surface area contributed by atoms with Crippen molar-refractivity contribution in [1.82, 2.24) is 5.32 Å². The summed E-state index contributed by atoms with van der Waals surface area (Å²) in [5.74, 6) is 1.19. The molecule has 3 rings (SSSR count). The van der Waals surface area contributed by atoms with Crippen LogP contribution in [0.25, 0.3) is 0 Å². The Kier molecular flexibility index (Phi) is 1.98. The van der Waals surface area contributed by atoms with Crippen molar-refractivity contribution < 1.29 is 0 Å². The van der Waals surface area contributed by atoms with Gasteiger partial charge in [0, 0.05) is 13.1 Å². The minimum atomic E-state index is 0.586. The number of rotatable bonds is 0. The normalized spacial score (nSPS) is 27.2. The standard InChI is InChI=1S/C12H11ClN2/c13-12-3-11-9-1-8(5-15-6-9)10(11)2-7(12)4-14/h2-3,8-9,15H,1,5-6H2. The van der Waals surface area contributed by atoms with Crippen LogP contribution in [0.4, 0.5) is 0 Å². The molecule has 1 aliphatic heterocycles. The molecule has 0 spiro atoms. The topological polar surface area (TPSA) is 35.8 Å². The molecule has 2 bridgehead atoms. The van der Waals surface area contributed by atoms with Gasteiger partial charge in [-0.3, -0.25) is 0 Å². The lowest BCUT2D eigenvalue weighted by molar-refractivity contribution is 0.454. The Balaban J connectivity index is 2.18. The fraction of sp³-hybridized carbons (Fsp3) is 0.417. The van der Waals surface area contributed by atoms with E-state index in [0.29, 0.717) is 22.4 Å². The second-order valence-corrected chi connectivity index (χ2v) is 4.77. The van der Waals surface area contributed by atoms with Crippen molar-refractivity contribution in [3.63, 3.8) is 0 Å². The summed E-state index contributed by atoms with van der Waals surface area (Å²) in [6.07, 6.45) is 1.22. The lowest BCUT2D eigenvalue weighted by Crippen LogP contribution is -2.28. The minimum absolute atomic E-state index is 0.586. The predicted octanol–water partition coefficient (Wildman–Crippen LogP) is 2.39. The molecule has 1 N–H and O–H groups in total. The molecule has 1 aliphatic carbocycles. The molecular weight excluding hydrogens is 208 g/mol. The molecule has 2 unspecified atom stereocenters. The highest BCUT2D eigenvalue weighted by molar-refractivity contribution is 6.31. The van der Waals surface area contributed by atoms with E-state index in [1.54, 1.807) is 0 Å². The van der Waals surface area contributed by atoms with Gasteiger partial charge >= 0.3 is 0 Å². The van der Waals surface area contributed by atoms with E-state index < -0.39 is 0 Å². The van der Waals surface area contributed by atoms with Gasteiger partial charge in [-0.2, -0.15) is 5.26 Å². The Bertz CT molecular complexity index is 461. The zero-order chi connectivity index (χ0) is 10.4. The fourth-order valence-corrected chi connectivity index (χ4v) is 3.03. The van der Waals surface area contributed by atoms with Crippen LogP contribution in [0.3, 0.4) is 0 Å². The number of piperidine rings is 1. The number of hydrogen-bond acceptors (Lipinski definition) is 2. The van der Waals surface area contributed by atoms with Crippen molar-refractivity contribution in [1.29, 1.82) is 5.26 Å². The molecule has 0 aromatic heterocycles. The van der Waals surface area contributed by atoms with Crippen LogP contribution in [0.5, 0.6) is 0 Å². The first-order valence-electron chi connectivity index (χ1n) is 5.23. The van der Waals surface area contributed by atoms with Crippen LogP contribution in [-0.4, -0.2) is 13.1 Å². The lowest BCUT2D eigenvalue weighted by atomic mass is 9.98. The Morgan fingerprint density at radius 1 is 1.27 bits per heavy atom. The maximum Gasteiger partial charge on any atom is 0.101 e. The molecule has 1 heterocycles. The van der Waals surface area contributed by atoms with Gasteiger partial charge in [0.2, 0.25) is 0 Å². The number of fused-ring (bicyclic) bond motifs is 5. The zero-order valence-corrected chi connectivity index (χ0v) is 9.01. The second kappa shape index (κ2) is 3.23. The van der Waals surface area contributed by atoms with E-state index in [1.807, 2.05) is 12.1 Å². The summed E-state index contributed by atoms with van der Waals surface area (Å²) in [6.45, 7) is 2.09. The number of nitrogens with one attached hydrogen (secondary N) is 1. The Morgan fingerprint density at radius 3 is 2.60 bits per heavy atom. The Morgan fingerprint density at radius 2 is 1.93 bits per heavy atom. The van der Waals surface area contributed by atoms with Gasteiger partial charge in [0.05, 0.1) is 10.6 Å². The highest BCUT2D eigenvalue weighted by atomic mass is 35.5. The summed E-state index contributed by atoms with van der Waals surface area (Å²) in [4.78, 5) is 0. The Labute approximate surface area is 93.9 Å². The average Bonchev–Trinajstić information content (AvgIpc) is 2.50. The summed E-state index contributed by atoms with van der Waals surface area (Å²) < 4.78 is 0. The van der Waals surface area contributed by atoms with Crippen LogP contribution >= 0.6 is 11.6 Å². The van der Waals surface area contributed by atoms with Gasteiger partial charge in [0.15, 0.2) is 0 Å². The molecule has 0 saturated carbocycles. The van der Waals surface area contributed by atoms with Crippen molar-refractivity contribution >= 4 is 11.6 Å². The van der Waals surface area contributed by atoms with Crippen LogP contribution in [0.15, 0.2) is 12.1 Å². The van der Waals surface area contributed by atoms with Crippen LogP contribution in [0.2, 0.25) is 5.02 Å². The summed E-state index contributed by atoms with van der Waals surface area (Å²) >= 11 is 6.06. The first kappa shape index (κ1) is 9.21. The highest BCUT2D eigenvalue weighted by Gasteiger charge is 2.34. The van der Waals surface area contributed by atoms with E-state index in [1.165, 1.54) is 17.5 Å². The smallest absolute Gasteiger partial charge is 0.101 e. The third-order valence-electron chi connectivity index (χ3n) is 3.52. The van der Waals surface area contributed by atoms with Gasteiger partial charge in [0.1, 0.15) is 6.07 Å². The monoisotopic (exact) mass is 218 g/mol. The number of hydrogen-bond donors (Lipinski definition) is 1. The summed E-state index contributed by atoms with van der Waals surface area (Å²) in [5, 5.41) is 13.0. The number of nitriles is 1. The highest BCUT2D eigenvalue weighted by Crippen LogP contribution is 2.45. The van der Waals surface area contributed by atoms with Crippen molar-refractivity contribution in [3.8, 4) is 6.07 Å². The quantitative estimate of drug-likeness (QED) is 0.726. The third-order valence-corrected chi connectivity index (χ3v) is 3.84. The van der Waals surface area contributed by atoms with Crippen molar-refractivity contribution in [2.24, 2.45) is 0 Å². The van der Waals surface area contributed by atoms with E-state index in [4.69, 9.17) is 16.9 Å². The average molecular weight is 219 g/mol. The first-order chi connectivity index (χ1) is 7.29.